The van der Waals surface area contributed by atoms with Crippen molar-refractivity contribution < 1.29 is 4.39 Å². The van der Waals surface area contributed by atoms with E-state index in [2.05, 4.69) is 6.07 Å². The van der Waals surface area contributed by atoms with Crippen molar-refractivity contribution >= 4 is 11.6 Å². The Morgan fingerprint density at radius 3 is 2.05 bits per heavy atom. The normalized spacial score (nSPS) is 12.6. The summed E-state index contributed by atoms with van der Waals surface area (Å²) in [7, 11) is 0. The second kappa shape index (κ2) is 5.55. The minimum atomic E-state index is -0.553. The summed E-state index contributed by atoms with van der Waals surface area (Å²) in [6.45, 7) is 8.12. The van der Waals surface area contributed by atoms with Gasteiger partial charge in [0.05, 0.1) is 6.04 Å². The summed E-state index contributed by atoms with van der Waals surface area (Å²) in [5.74, 6) is -0.358. The summed E-state index contributed by atoms with van der Waals surface area (Å²) < 4.78 is 14.1. The molecule has 20 heavy (non-hydrogen) atoms. The van der Waals surface area contributed by atoms with Crippen LogP contribution in [0.4, 0.5) is 4.39 Å². The zero-order valence-electron chi connectivity index (χ0n) is 12.2. The van der Waals surface area contributed by atoms with Gasteiger partial charge in [-0.25, -0.2) is 4.39 Å². The number of halogens is 2. The molecule has 0 aliphatic rings. The van der Waals surface area contributed by atoms with Crippen molar-refractivity contribution in [1.29, 1.82) is 0 Å². The first-order valence-electron chi connectivity index (χ1n) is 6.61. The Morgan fingerprint density at radius 1 is 1.00 bits per heavy atom. The Labute approximate surface area is 124 Å². The highest BCUT2D eigenvalue weighted by molar-refractivity contribution is 6.31. The summed E-state index contributed by atoms with van der Waals surface area (Å²) in [5, 5.41) is 0.371. The molecule has 0 aliphatic heterocycles. The van der Waals surface area contributed by atoms with Gasteiger partial charge in [-0.05, 0) is 67.6 Å². The van der Waals surface area contributed by atoms with Crippen molar-refractivity contribution in [3.63, 3.8) is 0 Å². The van der Waals surface area contributed by atoms with Gasteiger partial charge < -0.3 is 5.73 Å². The SMILES string of the molecule is Cc1cc(C)c(C)c(C(N)c2c(F)cccc2Cl)c1C. The highest BCUT2D eigenvalue weighted by Crippen LogP contribution is 2.34. The van der Waals surface area contributed by atoms with Crippen molar-refractivity contribution in [3.05, 3.63) is 68.5 Å². The summed E-state index contributed by atoms with van der Waals surface area (Å²) in [6, 6.07) is 6.24. The fourth-order valence-electron chi connectivity index (χ4n) is 2.67. The first-order chi connectivity index (χ1) is 9.34. The van der Waals surface area contributed by atoms with Gasteiger partial charge in [0.2, 0.25) is 0 Å². The van der Waals surface area contributed by atoms with Crippen molar-refractivity contribution in [2.45, 2.75) is 33.7 Å². The van der Waals surface area contributed by atoms with Gasteiger partial charge in [-0.3, -0.25) is 0 Å². The fraction of sp³-hybridized carbons (Fsp3) is 0.294. The number of aryl methyl sites for hydroxylation is 2. The van der Waals surface area contributed by atoms with E-state index in [1.165, 1.54) is 6.07 Å². The van der Waals surface area contributed by atoms with Crippen LogP contribution in [0, 0.1) is 33.5 Å². The van der Waals surface area contributed by atoms with Gasteiger partial charge in [0.1, 0.15) is 5.82 Å². The molecule has 2 N–H and O–H groups in total. The molecule has 0 saturated heterocycles. The Balaban J connectivity index is 2.69. The molecule has 1 nitrogen and oxygen atoms in total. The van der Waals surface area contributed by atoms with Gasteiger partial charge in [-0.1, -0.05) is 23.7 Å². The van der Waals surface area contributed by atoms with Crippen LogP contribution in [0.15, 0.2) is 24.3 Å². The second-order valence-electron chi connectivity index (χ2n) is 5.29. The molecule has 1 unspecified atom stereocenters. The van der Waals surface area contributed by atoms with Crippen LogP contribution in [-0.4, -0.2) is 0 Å². The quantitative estimate of drug-likeness (QED) is 0.848. The zero-order valence-corrected chi connectivity index (χ0v) is 13.0. The maximum absolute atomic E-state index is 14.1. The van der Waals surface area contributed by atoms with E-state index in [-0.39, 0.29) is 5.82 Å². The van der Waals surface area contributed by atoms with Crippen LogP contribution in [0.1, 0.15) is 39.4 Å². The molecule has 0 radical (unpaired) electrons. The van der Waals surface area contributed by atoms with Crippen molar-refractivity contribution in [2.24, 2.45) is 5.73 Å². The summed E-state index contributed by atoms with van der Waals surface area (Å²) in [4.78, 5) is 0. The molecule has 0 heterocycles. The van der Waals surface area contributed by atoms with E-state index in [1.807, 2.05) is 27.7 Å². The lowest BCUT2D eigenvalue weighted by molar-refractivity contribution is 0.599. The predicted molar refractivity (Wildman–Crippen MR) is 82.8 cm³/mol. The van der Waals surface area contributed by atoms with E-state index >= 15 is 0 Å². The van der Waals surface area contributed by atoms with Crippen molar-refractivity contribution in [1.82, 2.24) is 0 Å². The maximum Gasteiger partial charge on any atom is 0.129 e. The van der Waals surface area contributed by atoms with Crippen LogP contribution in [0.3, 0.4) is 0 Å². The Hall–Kier alpha value is -1.38. The summed E-state index contributed by atoms with van der Waals surface area (Å²) >= 11 is 6.14. The number of benzene rings is 2. The molecule has 0 spiro atoms. The maximum atomic E-state index is 14.1. The Morgan fingerprint density at radius 2 is 1.55 bits per heavy atom. The highest BCUT2D eigenvalue weighted by atomic mass is 35.5. The third-order valence-corrected chi connectivity index (χ3v) is 4.38. The lowest BCUT2D eigenvalue weighted by atomic mass is 9.87. The summed E-state index contributed by atoms with van der Waals surface area (Å²) in [5.41, 5.74) is 12.2. The van der Waals surface area contributed by atoms with E-state index in [1.54, 1.807) is 12.1 Å². The molecule has 0 aliphatic carbocycles. The van der Waals surface area contributed by atoms with Crippen LogP contribution in [-0.2, 0) is 0 Å². The minimum Gasteiger partial charge on any atom is -0.320 e. The number of hydrogen-bond donors (Lipinski definition) is 1. The Kier molecular flexibility index (Phi) is 4.17. The van der Waals surface area contributed by atoms with Crippen LogP contribution in [0.25, 0.3) is 0 Å². The molecule has 106 valence electrons. The predicted octanol–water partition coefficient (Wildman–Crippen LogP) is 4.76. The number of nitrogens with two attached hydrogens (primary N) is 1. The smallest absolute Gasteiger partial charge is 0.129 e. The van der Waals surface area contributed by atoms with Gasteiger partial charge in [0.15, 0.2) is 0 Å². The molecule has 0 saturated carbocycles. The van der Waals surface area contributed by atoms with E-state index in [0.717, 1.165) is 27.8 Å². The first kappa shape index (κ1) is 15.0. The van der Waals surface area contributed by atoms with Gasteiger partial charge in [-0.15, -0.1) is 0 Å². The molecular weight excluding hydrogens is 273 g/mol. The van der Waals surface area contributed by atoms with E-state index < -0.39 is 6.04 Å². The van der Waals surface area contributed by atoms with E-state index in [0.29, 0.717) is 10.6 Å². The third-order valence-electron chi connectivity index (χ3n) is 4.05. The molecule has 0 aromatic heterocycles. The van der Waals surface area contributed by atoms with E-state index in [9.17, 15) is 4.39 Å². The molecule has 2 aromatic rings. The largest absolute Gasteiger partial charge is 0.320 e. The van der Waals surface area contributed by atoms with Crippen molar-refractivity contribution in [2.75, 3.05) is 0 Å². The summed E-state index contributed by atoms with van der Waals surface area (Å²) in [6.07, 6.45) is 0. The van der Waals surface area contributed by atoms with Gasteiger partial charge in [-0.2, -0.15) is 0 Å². The monoisotopic (exact) mass is 291 g/mol. The van der Waals surface area contributed by atoms with Crippen LogP contribution in [0.5, 0.6) is 0 Å². The molecule has 0 bridgehead atoms. The lowest BCUT2D eigenvalue weighted by Crippen LogP contribution is -2.18. The zero-order chi connectivity index (χ0) is 15.0. The fourth-order valence-corrected chi connectivity index (χ4v) is 2.95. The molecule has 0 fully saturated rings. The number of hydrogen-bond acceptors (Lipinski definition) is 1. The highest BCUT2D eigenvalue weighted by Gasteiger charge is 2.21. The first-order valence-corrected chi connectivity index (χ1v) is 6.99. The van der Waals surface area contributed by atoms with Crippen LogP contribution in [0.2, 0.25) is 5.02 Å². The van der Waals surface area contributed by atoms with Gasteiger partial charge in [0.25, 0.3) is 0 Å². The van der Waals surface area contributed by atoms with E-state index in [4.69, 9.17) is 17.3 Å². The minimum absolute atomic E-state index is 0.358. The second-order valence-corrected chi connectivity index (χ2v) is 5.69. The molecule has 2 aromatic carbocycles. The topological polar surface area (TPSA) is 26.0 Å². The molecule has 2 rings (SSSR count). The molecule has 3 heteroatoms. The molecular formula is C17H19ClFN. The average molecular weight is 292 g/mol. The van der Waals surface area contributed by atoms with Crippen LogP contribution >= 0.6 is 11.6 Å². The number of rotatable bonds is 2. The molecule has 1 atom stereocenters. The van der Waals surface area contributed by atoms with Gasteiger partial charge >= 0.3 is 0 Å². The van der Waals surface area contributed by atoms with Gasteiger partial charge in [0, 0.05) is 10.6 Å². The van der Waals surface area contributed by atoms with Crippen molar-refractivity contribution in [3.8, 4) is 0 Å². The Bertz CT molecular complexity index is 618. The average Bonchev–Trinajstić information content (AvgIpc) is 2.36. The standard InChI is InChI=1S/C17H19ClFN/c1-9-8-10(2)12(4)15(11(9)3)17(20)16-13(18)6-5-7-14(16)19/h5-8,17H,20H2,1-4H3. The lowest BCUT2D eigenvalue weighted by Gasteiger charge is -2.22. The van der Waals surface area contributed by atoms with Crippen LogP contribution < -0.4 is 5.73 Å². The molecule has 0 amide bonds. The third kappa shape index (κ3) is 2.46.